The summed E-state index contributed by atoms with van der Waals surface area (Å²) < 4.78 is 39.2. The number of likely N-dealkylation sites (tertiary alicyclic amines) is 1. The first-order valence-corrected chi connectivity index (χ1v) is 12.1. The van der Waals surface area contributed by atoms with Crippen LogP contribution in [0.15, 0.2) is 24.5 Å². The summed E-state index contributed by atoms with van der Waals surface area (Å²) in [5.74, 6) is -0.0967. The van der Waals surface area contributed by atoms with E-state index < -0.39 is 23.4 Å². The van der Waals surface area contributed by atoms with Crippen LogP contribution in [0.3, 0.4) is 0 Å². The molecule has 1 saturated heterocycles. The van der Waals surface area contributed by atoms with Crippen molar-refractivity contribution in [1.29, 1.82) is 0 Å². The van der Waals surface area contributed by atoms with Crippen molar-refractivity contribution in [3.05, 3.63) is 30.1 Å². The van der Waals surface area contributed by atoms with Gasteiger partial charge in [-0.3, -0.25) is 9.69 Å². The third-order valence-corrected chi connectivity index (χ3v) is 7.17. The van der Waals surface area contributed by atoms with Crippen molar-refractivity contribution in [3.8, 4) is 0 Å². The number of alkyl halides is 3. The Morgan fingerprint density at radius 1 is 1.26 bits per heavy atom. The van der Waals surface area contributed by atoms with Gasteiger partial charge in [-0.2, -0.15) is 13.2 Å². The fraction of sp³-hybridized carbons (Fsp3) is 0.625. The number of benzene rings is 1. The van der Waals surface area contributed by atoms with Crippen molar-refractivity contribution in [2.75, 3.05) is 25.0 Å². The van der Waals surface area contributed by atoms with E-state index >= 15 is 0 Å². The summed E-state index contributed by atoms with van der Waals surface area (Å²) >= 11 is 0. The molecule has 11 heteroatoms. The molecule has 2 fully saturated rings. The van der Waals surface area contributed by atoms with Crippen LogP contribution in [0.4, 0.5) is 19.0 Å². The number of halogens is 3. The summed E-state index contributed by atoms with van der Waals surface area (Å²) in [5.41, 5.74) is -1.45. The quantitative estimate of drug-likeness (QED) is 0.446. The molecule has 1 atom stereocenters. The monoisotopic (exact) mass is 495 g/mol. The highest BCUT2D eigenvalue weighted by molar-refractivity contribution is 5.91. The minimum absolute atomic E-state index is 0.00485. The SMILES string of the molecule is CCCC(O)C1(O)CCC(N2CC(NC(=O)CNc3ncnc4ccc(C(F)(F)F)cc34)C2)CC1. The second-order valence-corrected chi connectivity index (χ2v) is 9.66. The molecular formula is C24H32F3N5O3. The fourth-order valence-electron chi connectivity index (χ4n) is 5.06. The van der Waals surface area contributed by atoms with Gasteiger partial charge in [-0.1, -0.05) is 13.3 Å². The number of aliphatic hydroxyl groups is 2. The molecule has 35 heavy (non-hydrogen) atoms. The van der Waals surface area contributed by atoms with Crippen molar-refractivity contribution in [3.63, 3.8) is 0 Å². The molecule has 1 saturated carbocycles. The minimum atomic E-state index is -4.49. The largest absolute Gasteiger partial charge is 0.416 e. The van der Waals surface area contributed by atoms with Gasteiger partial charge < -0.3 is 20.8 Å². The van der Waals surface area contributed by atoms with Crippen LogP contribution in [0, 0.1) is 0 Å². The molecular weight excluding hydrogens is 463 g/mol. The number of carbonyl (C=O) groups excluding carboxylic acids is 1. The van der Waals surface area contributed by atoms with Crippen LogP contribution in [0.5, 0.6) is 0 Å². The zero-order valence-electron chi connectivity index (χ0n) is 19.7. The molecule has 1 amide bonds. The smallest absolute Gasteiger partial charge is 0.390 e. The minimum Gasteiger partial charge on any atom is -0.390 e. The first-order chi connectivity index (χ1) is 16.6. The molecule has 2 aliphatic rings. The Bertz CT molecular complexity index is 1040. The summed E-state index contributed by atoms with van der Waals surface area (Å²) in [6.07, 6.45) is 0.251. The van der Waals surface area contributed by atoms with E-state index in [1.54, 1.807) is 0 Å². The first-order valence-electron chi connectivity index (χ1n) is 12.1. The Balaban J connectivity index is 1.24. The van der Waals surface area contributed by atoms with E-state index in [1.165, 1.54) is 12.4 Å². The molecule has 0 spiro atoms. The van der Waals surface area contributed by atoms with Gasteiger partial charge in [0.05, 0.1) is 35.4 Å². The molecule has 8 nitrogen and oxygen atoms in total. The number of hydrogen-bond acceptors (Lipinski definition) is 7. The van der Waals surface area contributed by atoms with Crippen molar-refractivity contribution in [1.82, 2.24) is 20.2 Å². The van der Waals surface area contributed by atoms with Gasteiger partial charge in [-0.25, -0.2) is 9.97 Å². The standard InChI is InChI=1S/C24H32F3N5O3/c1-2-3-20(33)23(35)8-6-17(7-9-23)32-12-16(13-32)31-21(34)11-28-22-18-10-15(24(25,26)27)4-5-19(18)29-14-30-22/h4-5,10,14,16-17,20,33,35H,2-3,6-9,11-13H2,1H3,(H,31,34)(H,28,29,30). The normalized spacial score (nSPS) is 24.7. The van der Waals surface area contributed by atoms with Crippen LogP contribution in [0.2, 0.25) is 0 Å². The molecule has 2 aromatic rings. The summed E-state index contributed by atoms with van der Waals surface area (Å²) in [6.45, 7) is 3.28. The lowest BCUT2D eigenvalue weighted by molar-refractivity contribution is -0.137. The Kier molecular flexibility index (Phi) is 7.48. The Morgan fingerprint density at radius 3 is 2.63 bits per heavy atom. The van der Waals surface area contributed by atoms with E-state index in [9.17, 15) is 28.2 Å². The van der Waals surface area contributed by atoms with Gasteiger partial charge in [-0.05, 0) is 50.3 Å². The summed E-state index contributed by atoms with van der Waals surface area (Å²) in [4.78, 5) is 22.7. The van der Waals surface area contributed by atoms with Gasteiger partial charge >= 0.3 is 6.18 Å². The van der Waals surface area contributed by atoms with Gasteiger partial charge in [0.25, 0.3) is 0 Å². The summed E-state index contributed by atoms with van der Waals surface area (Å²) in [6, 6.07) is 3.55. The van der Waals surface area contributed by atoms with Crippen molar-refractivity contribution in [2.45, 2.75) is 75.4 Å². The van der Waals surface area contributed by atoms with Crippen molar-refractivity contribution in [2.24, 2.45) is 0 Å². The van der Waals surface area contributed by atoms with Crippen LogP contribution < -0.4 is 10.6 Å². The zero-order chi connectivity index (χ0) is 25.2. The van der Waals surface area contributed by atoms with E-state index in [4.69, 9.17) is 0 Å². The number of hydrogen-bond donors (Lipinski definition) is 4. The van der Waals surface area contributed by atoms with Gasteiger partial charge in [0.2, 0.25) is 5.91 Å². The summed E-state index contributed by atoms with van der Waals surface area (Å²) in [7, 11) is 0. The van der Waals surface area contributed by atoms with E-state index in [0.717, 1.165) is 31.4 Å². The lowest BCUT2D eigenvalue weighted by atomic mass is 9.76. The molecule has 192 valence electrons. The van der Waals surface area contributed by atoms with E-state index in [-0.39, 0.29) is 29.7 Å². The second kappa shape index (κ2) is 10.2. The third kappa shape index (κ3) is 5.84. The average Bonchev–Trinajstić information content (AvgIpc) is 2.80. The molecule has 4 rings (SSSR count). The van der Waals surface area contributed by atoms with Crippen LogP contribution >= 0.6 is 0 Å². The molecule has 1 aliphatic heterocycles. The molecule has 1 unspecified atom stereocenters. The van der Waals surface area contributed by atoms with Crippen LogP contribution in [-0.4, -0.2) is 74.4 Å². The maximum atomic E-state index is 13.1. The molecule has 2 heterocycles. The van der Waals surface area contributed by atoms with Crippen LogP contribution in [0.1, 0.15) is 51.0 Å². The fourth-order valence-corrected chi connectivity index (χ4v) is 5.06. The predicted octanol–water partition coefficient (Wildman–Crippen LogP) is 2.70. The van der Waals surface area contributed by atoms with Gasteiger partial charge in [-0.15, -0.1) is 0 Å². The van der Waals surface area contributed by atoms with Crippen molar-refractivity contribution >= 4 is 22.6 Å². The Hall–Kier alpha value is -2.50. The number of carbonyl (C=O) groups is 1. The highest BCUT2D eigenvalue weighted by Crippen LogP contribution is 2.36. The number of aromatic nitrogens is 2. The second-order valence-electron chi connectivity index (χ2n) is 9.66. The molecule has 0 bridgehead atoms. The molecule has 1 aromatic carbocycles. The third-order valence-electron chi connectivity index (χ3n) is 7.17. The number of fused-ring (bicyclic) bond motifs is 1. The lowest BCUT2D eigenvalue weighted by Gasteiger charge is -2.49. The highest BCUT2D eigenvalue weighted by atomic mass is 19.4. The topological polar surface area (TPSA) is 111 Å². The van der Waals surface area contributed by atoms with E-state index in [0.29, 0.717) is 43.9 Å². The predicted molar refractivity (Wildman–Crippen MR) is 125 cm³/mol. The average molecular weight is 496 g/mol. The van der Waals surface area contributed by atoms with E-state index in [2.05, 4.69) is 25.5 Å². The molecule has 0 radical (unpaired) electrons. The number of anilines is 1. The van der Waals surface area contributed by atoms with Crippen molar-refractivity contribution < 1.29 is 28.2 Å². The zero-order valence-corrected chi connectivity index (χ0v) is 19.7. The Labute approximate surface area is 201 Å². The van der Waals surface area contributed by atoms with Gasteiger partial charge in [0, 0.05) is 24.5 Å². The first kappa shape index (κ1) is 25.6. The lowest BCUT2D eigenvalue weighted by Crippen LogP contribution is -2.63. The van der Waals surface area contributed by atoms with Gasteiger partial charge in [0.1, 0.15) is 12.1 Å². The van der Waals surface area contributed by atoms with Crippen LogP contribution in [0.25, 0.3) is 10.9 Å². The number of nitrogens with one attached hydrogen (secondary N) is 2. The molecule has 1 aromatic heterocycles. The maximum Gasteiger partial charge on any atom is 0.416 e. The van der Waals surface area contributed by atoms with E-state index in [1.807, 2.05) is 6.92 Å². The highest BCUT2D eigenvalue weighted by Gasteiger charge is 2.42. The number of aliphatic hydroxyl groups excluding tert-OH is 1. The number of amides is 1. The van der Waals surface area contributed by atoms with Gasteiger partial charge in [0.15, 0.2) is 0 Å². The Morgan fingerprint density at radius 2 is 1.97 bits per heavy atom. The molecule has 1 aliphatic carbocycles. The van der Waals surface area contributed by atoms with Crippen LogP contribution in [-0.2, 0) is 11.0 Å². The molecule has 4 N–H and O–H groups in total. The number of nitrogens with zero attached hydrogens (tertiary/aromatic N) is 3. The number of rotatable bonds is 8. The summed E-state index contributed by atoms with van der Waals surface area (Å²) in [5, 5.41) is 26.9. The maximum absolute atomic E-state index is 13.1.